The Bertz CT molecular complexity index is 538. The zero-order valence-electron chi connectivity index (χ0n) is 16.7. The number of likely N-dealkylation sites (tertiary alicyclic amines) is 1. The van der Waals surface area contributed by atoms with Gasteiger partial charge in [0.15, 0.2) is 5.96 Å². The Kier molecular flexibility index (Phi) is 13.0. The van der Waals surface area contributed by atoms with Gasteiger partial charge in [-0.2, -0.15) is 0 Å². The molecular weight excluding hydrogens is 473 g/mol. The second-order valence-electron chi connectivity index (χ2n) is 7.01. The average molecular weight is 508 g/mol. The van der Waals surface area contributed by atoms with Crippen molar-refractivity contribution in [2.75, 3.05) is 32.7 Å². The molecule has 1 aromatic heterocycles. The molecule has 1 aromatic rings. The number of hydrogen-bond donors (Lipinski definition) is 2. The molecule has 2 heterocycles. The van der Waals surface area contributed by atoms with E-state index in [1.807, 2.05) is 18.3 Å². The Labute approximate surface area is 186 Å². The third-order valence-electron chi connectivity index (χ3n) is 4.90. The molecule has 0 saturated carbocycles. The van der Waals surface area contributed by atoms with Gasteiger partial charge >= 0.3 is 0 Å². The van der Waals surface area contributed by atoms with E-state index >= 15 is 0 Å². The number of nitrogens with zero attached hydrogens (tertiary/aromatic N) is 3. The standard InChI is InChI=1S/C20H34ClN5.HI/c1-3-22-20(24-13-11-18-9-10-19(21)25-16-18)23-12-5-7-15-26-14-6-4-8-17(26)2;/h9-10,16-17H,3-8,11-15H2,1-2H3,(H2,22,23,24);1H. The number of rotatable bonds is 9. The first kappa shape index (κ1) is 24.4. The van der Waals surface area contributed by atoms with Gasteiger partial charge in [-0.1, -0.05) is 24.1 Å². The van der Waals surface area contributed by atoms with E-state index < -0.39 is 0 Å². The first-order chi connectivity index (χ1) is 12.7. The highest BCUT2D eigenvalue weighted by atomic mass is 127. The van der Waals surface area contributed by atoms with Crippen molar-refractivity contribution >= 4 is 41.5 Å². The number of hydrogen-bond acceptors (Lipinski definition) is 3. The van der Waals surface area contributed by atoms with E-state index in [9.17, 15) is 0 Å². The van der Waals surface area contributed by atoms with Gasteiger partial charge in [-0.15, -0.1) is 24.0 Å². The van der Waals surface area contributed by atoms with Crippen molar-refractivity contribution in [2.24, 2.45) is 4.99 Å². The van der Waals surface area contributed by atoms with E-state index in [2.05, 4.69) is 34.4 Å². The van der Waals surface area contributed by atoms with Gasteiger partial charge in [0.2, 0.25) is 0 Å². The van der Waals surface area contributed by atoms with Gasteiger partial charge in [-0.25, -0.2) is 4.98 Å². The maximum atomic E-state index is 5.82. The van der Waals surface area contributed by atoms with Crippen LogP contribution >= 0.6 is 35.6 Å². The van der Waals surface area contributed by atoms with E-state index in [1.165, 1.54) is 44.3 Å². The minimum absolute atomic E-state index is 0. The Morgan fingerprint density at radius 3 is 2.85 bits per heavy atom. The quantitative estimate of drug-likeness (QED) is 0.174. The molecule has 0 spiro atoms. The summed E-state index contributed by atoms with van der Waals surface area (Å²) in [5.74, 6) is 0.903. The van der Waals surface area contributed by atoms with Crippen molar-refractivity contribution in [3.63, 3.8) is 0 Å². The molecule has 0 aromatic carbocycles. The summed E-state index contributed by atoms with van der Waals surface area (Å²) in [6.07, 6.45) is 9.21. The van der Waals surface area contributed by atoms with Gasteiger partial charge in [0.05, 0.1) is 0 Å². The fourth-order valence-electron chi connectivity index (χ4n) is 3.33. The van der Waals surface area contributed by atoms with Crippen LogP contribution in [0.5, 0.6) is 0 Å². The average Bonchev–Trinajstić information content (AvgIpc) is 2.64. The molecule has 2 N–H and O–H groups in total. The first-order valence-corrected chi connectivity index (χ1v) is 10.4. The predicted molar refractivity (Wildman–Crippen MR) is 126 cm³/mol. The third-order valence-corrected chi connectivity index (χ3v) is 5.13. The molecule has 0 bridgehead atoms. The molecule has 7 heteroatoms. The summed E-state index contributed by atoms with van der Waals surface area (Å²) in [6.45, 7) is 9.53. The highest BCUT2D eigenvalue weighted by molar-refractivity contribution is 14.0. The topological polar surface area (TPSA) is 52.6 Å². The predicted octanol–water partition coefficient (Wildman–Crippen LogP) is 4.11. The van der Waals surface area contributed by atoms with Crippen LogP contribution in [-0.4, -0.2) is 54.6 Å². The number of aliphatic imine (C=N–C) groups is 1. The zero-order chi connectivity index (χ0) is 18.6. The Hall–Kier alpha value is -0.600. The van der Waals surface area contributed by atoms with Crippen molar-refractivity contribution in [3.8, 4) is 0 Å². The van der Waals surface area contributed by atoms with Gasteiger partial charge < -0.3 is 15.5 Å². The molecule has 154 valence electrons. The number of pyridine rings is 1. The molecule has 0 radical (unpaired) electrons. The van der Waals surface area contributed by atoms with Crippen molar-refractivity contribution in [1.29, 1.82) is 0 Å². The lowest BCUT2D eigenvalue weighted by Gasteiger charge is -2.33. The number of nitrogens with one attached hydrogen (secondary N) is 2. The molecule has 0 amide bonds. The molecule has 27 heavy (non-hydrogen) atoms. The number of halogens is 2. The summed E-state index contributed by atoms with van der Waals surface area (Å²) < 4.78 is 0. The monoisotopic (exact) mass is 507 g/mol. The summed E-state index contributed by atoms with van der Waals surface area (Å²) in [5, 5.41) is 7.25. The highest BCUT2D eigenvalue weighted by Crippen LogP contribution is 2.16. The fraction of sp³-hybridized carbons (Fsp3) is 0.700. The maximum Gasteiger partial charge on any atom is 0.191 e. The minimum Gasteiger partial charge on any atom is -0.357 e. The summed E-state index contributed by atoms with van der Waals surface area (Å²) in [4.78, 5) is 11.5. The maximum absolute atomic E-state index is 5.82. The molecule has 2 rings (SSSR count). The minimum atomic E-state index is 0. The number of guanidine groups is 1. The first-order valence-electron chi connectivity index (χ1n) is 10.1. The van der Waals surface area contributed by atoms with Crippen LogP contribution in [0.2, 0.25) is 5.15 Å². The van der Waals surface area contributed by atoms with Crippen molar-refractivity contribution in [1.82, 2.24) is 20.5 Å². The molecule has 0 aliphatic carbocycles. The van der Waals surface area contributed by atoms with E-state index in [0.717, 1.165) is 44.5 Å². The molecular formula is C20H35ClIN5. The highest BCUT2D eigenvalue weighted by Gasteiger charge is 2.16. The summed E-state index contributed by atoms with van der Waals surface area (Å²) >= 11 is 5.82. The molecule has 1 atom stereocenters. The van der Waals surface area contributed by atoms with Crippen LogP contribution in [0.25, 0.3) is 0 Å². The molecule has 1 saturated heterocycles. The van der Waals surface area contributed by atoms with Crippen LogP contribution < -0.4 is 10.6 Å². The fourth-order valence-corrected chi connectivity index (χ4v) is 3.44. The van der Waals surface area contributed by atoms with Crippen LogP contribution in [0.4, 0.5) is 0 Å². The smallest absolute Gasteiger partial charge is 0.191 e. The second kappa shape index (κ2) is 14.4. The van der Waals surface area contributed by atoms with Gasteiger partial charge in [0.25, 0.3) is 0 Å². The van der Waals surface area contributed by atoms with E-state index in [0.29, 0.717) is 5.15 Å². The van der Waals surface area contributed by atoms with Gasteiger partial charge in [-0.05, 0) is 70.7 Å². The number of aromatic nitrogens is 1. The van der Waals surface area contributed by atoms with Crippen LogP contribution in [0.3, 0.4) is 0 Å². The van der Waals surface area contributed by atoms with Gasteiger partial charge in [0, 0.05) is 31.9 Å². The molecule has 5 nitrogen and oxygen atoms in total. The largest absolute Gasteiger partial charge is 0.357 e. The van der Waals surface area contributed by atoms with E-state index in [1.54, 1.807) is 0 Å². The van der Waals surface area contributed by atoms with Gasteiger partial charge in [0.1, 0.15) is 5.15 Å². The molecule has 1 fully saturated rings. The van der Waals surface area contributed by atoms with Gasteiger partial charge in [-0.3, -0.25) is 4.99 Å². The molecule has 1 unspecified atom stereocenters. The van der Waals surface area contributed by atoms with Crippen LogP contribution in [0.1, 0.15) is 51.5 Å². The Morgan fingerprint density at radius 2 is 2.15 bits per heavy atom. The zero-order valence-corrected chi connectivity index (χ0v) is 19.8. The van der Waals surface area contributed by atoms with Crippen molar-refractivity contribution < 1.29 is 0 Å². The number of unbranched alkanes of at least 4 members (excludes halogenated alkanes) is 1. The van der Waals surface area contributed by atoms with E-state index in [-0.39, 0.29) is 24.0 Å². The lowest BCUT2D eigenvalue weighted by atomic mass is 10.0. The normalized spacial score (nSPS) is 18.0. The Balaban J connectivity index is 0.00000364. The lowest BCUT2D eigenvalue weighted by Crippen LogP contribution is -2.38. The van der Waals surface area contributed by atoms with Crippen LogP contribution in [0.15, 0.2) is 23.3 Å². The summed E-state index contributed by atoms with van der Waals surface area (Å²) in [7, 11) is 0. The summed E-state index contributed by atoms with van der Waals surface area (Å²) in [6, 6.07) is 4.61. The van der Waals surface area contributed by atoms with Crippen LogP contribution in [-0.2, 0) is 6.42 Å². The van der Waals surface area contributed by atoms with Crippen molar-refractivity contribution in [3.05, 3.63) is 29.0 Å². The molecule has 1 aliphatic rings. The van der Waals surface area contributed by atoms with Crippen molar-refractivity contribution in [2.45, 2.75) is 58.4 Å². The molecule has 1 aliphatic heterocycles. The van der Waals surface area contributed by atoms with E-state index in [4.69, 9.17) is 16.6 Å². The second-order valence-corrected chi connectivity index (χ2v) is 7.40. The number of piperidine rings is 1. The lowest BCUT2D eigenvalue weighted by molar-refractivity contribution is 0.158. The summed E-state index contributed by atoms with van der Waals surface area (Å²) in [5.41, 5.74) is 1.17. The SMILES string of the molecule is CCNC(=NCCCCN1CCCCC1C)NCCc1ccc(Cl)nc1.I. The Morgan fingerprint density at radius 1 is 1.30 bits per heavy atom. The third kappa shape index (κ3) is 9.94. The van der Waals surface area contributed by atoms with Crippen LogP contribution in [0, 0.1) is 0 Å².